The van der Waals surface area contributed by atoms with Gasteiger partial charge in [0.25, 0.3) is 0 Å². The van der Waals surface area contributed by atoms with E-state index >= 15 is 0 Å². The van der Waals surface area contributed by atoms with E-state index in [0.717, 1.165) is 35.4 Å². The molecule has 4 fully saturated rings. The Morgan fingerprint density at radius 3 is 2.46 bits per heavy atom. The van der Waals surface area contributed by atoms with Crippen LogP contribution in [0.15, 0.2) is 30.5 Å². The second-order valence-electron chi connectivity index (χ2n) is 8.73. The van der Waals surface area contributed by atoms with E-state index < -0.39 is 0 Å². The number of H-pyrrole nitrogens is 1. The summed E-state index contributed by atoms with van der Waals surface area (Å²) in [5.41, 5.74) is 2.64. The van der Waals surface area contributed by atoms with Gasteiger partial charge in [0.2, 0.25) is 5.91 Å². The number of nitrogens with one attached hydrogen (secondary N) is 2. The third kappa shape index (κ3) is 2.45. The van der Waals surface area contributed by atoms with E-state index in [-0.39, 0.29) is 5.91 Å². The lowest BCUT2D eigenvalue weighted by Crippen LogP contribution is -2.51. The monoisotopic (exact) mass is 322 g/mol. The minimum absolute atomic E-state index is 0.176. The maximum atomic E-state index is 12.5. The molecule has 0 radical (unpaired) electrons. The zero-order valence-corrected chi connectivity index (χ0v) is 14.2. The Morgan fingerprint density at radius 1 is 1.08 bits per heavy atom. The van der Waals surface area contributed by atoms with Crippen molar-refractivity contribution >= 4 is 16.8 Å². The van der Waals surface area contributed by atoms with Crippen molar-refractivity contribution in [3.63, 3.8) is 0 Å². The summed E-state index contributed by atoms with van der Waals surface area (Å²) < 4.78 is 0. The summed E-state index contributed by atoms with van der Waals surface area (Å²) in [4.78, 5) is 15.8. The first-order valence-corrected chi connectivity index (χ1v) is 9.51. The fraction of sp³-hybridized carbons (Fsp3) is 0.571. The molecule has 2 aromatic rings. The molecule has 0 unspecified atom stereocenters. The van der Waals surface area contributed by atoms with Crippen LogP contribution < -0.4 is 5.32 Å². The molecule has 0 aliphatic heterocycles. The molecule has 0 saturated heterocycles. The molecule has 1 aromatic carbocycles. The lowest BCUT2D eigenvalue weighted by atomic mass is 9.49. The Hall–Kier alpha value is -1.77. The number of para-hydroxylation sites is 1. The van der Waals surface area contributed by atoms with E-state index in [0.29, 0.717) is 11.8 Å². The van der Waals surface area contributed by atoms with Crippen LogP contribution in [0.2, 0.25) is 0 Å². The molecule has 1 heterocycles. The van der Waals surface area contributed by atoms with Crippen molar-refractivity contribution in [1.82, 2.24) is 10.3 Å². The van der Waals surface area contributed by atoms with Gasteiger partial charge in [0, 0.05) is 23.6 Å². The lowest BCUT2D eigenvalue weighted by molar-refractivity contribution is -0.122. The summed E-state index contributed by atoms with van der Waals surface area (Å²) in [7, 11) is 0. The van der Waals surface area contributed by atoms with Crippen LogP contribution in [0.4, 0.5) is 0 Å². The quantitative estimate of drug-likeness (QED) is 0.876. The third-order valence-corrected chi connectivity index (χ3v) is 6.85. The molecule has 4 bridgehead atoms. The van der Waals surface area contributed by atoms with Gasteiger partial charge in [-0.3, -0.25) is 4.79 Å². The van der Waals surface area contributed by atoms with Crippen LogP contribution in [-0.2, 0) is 11.2 Å². The number of hydrogen-bond acceptors (Lipinski definition) is 1. The molecule has 126 valence electrons. The number of fused-ring (bicyclic) bond motifs is 1. The number of hydrogen-bond donors (Lipinski definition) is 2. The SMILES string of the molecule is O=C(Cc1c[nH]c2ccccc12)NCC12CC3CC(CC(C3)C1)C2. The van der Waals surface area contributed by atoms with Crippen molar-refractivity contribution in [1.29, 1.82) is 0 Å². The highest BCUT2D eigenvalue weighted by molar-refractivity contribution is 5.88. The minimum Gasteiger partial charge on any atom is -0.361 e. The van der Waals surface area contributed by atoms with Crippen molar-refractivity contribution in [2.45, 2.75) is 44.9 Å². The maximum absolute atomic E-state index is 12.5. The van der Waals surface area contributed by atoms with E-state index in [9.17, 15) is 4.79 Å². The van der Waals surface area contributed by atoms with Crippen LogP contribution in [0.25, 0.3) is 10.9 Å². The summed E-state index contributed by atoms with van der Waals surface area (Å²) in [6.07, 6.45) is 10.9. The van der Waals surface area contributed by atoms with Gasteiger partial charge in [0.05, 0.1) is 6.42 Å². The molecule has 0 spiro atoms. The predicted molar refractivity (Wildman–Crippen MR) is 95.6 cm³/mol. The smallest absolute Gasteiger partial charge is 0.224 e. The molecule has 0 atom stereocenters. The molecule has 6 rings (SSSR count). The van der Waals surface area contributed by atoms with Gasteiger partial charge in [-0.2, -0.15) is 0 Å². The molecule has 3 heteroatoms. The van der Waals surface area contributed by atoms with Crippen molar-refractivity contribution in [2.75, 3.05) is 6.54 Å². The van der Waals surface area contributed by atoms with Crippen LogP contribution in [0.5, 0.6) is 0 Å². The predicted octanol–water partition coefficient (Wildman–Crippen LogP) is 4.04. The zero-order chi connectivity index (χ0) is 16.1. The van der Waals surface area contributed by atoms with Gasteiger partial charge in [0.15, 0.2) is 0 Å². The van der Waals surface area contributed by atoms with Crippen LogP contribution in [-0.4, -0.2) is 17.4 Å². The van der Waals surface area contributed by atoms with Gasteiger partial charge in [-0.05, 0) is 73.3 Å². The fourth-order valence-corrected chi connectivity index (χ4v) is 6.31. The Morgan fingerprint density at radius 2 is 1.75 bits per heavy atom. The molecule has 1 amide bonds. The molecule has 24 heavy (non-hydrogen) atoms. The highest BCUT2D eigenvalue weighted by Gasteiger charge is 2.50. The van der Waals surface area contributed by atoms with Crippen molar-refractivity contribution < 1.29 is 4.79 Å². The van der Waals surface area contributed by atoms with Gasteiger partial charge in [0.1, 0.15) is 0 Å². The highest BCUT2D eigenvalue weighted by Crippen LogP contribution is 2.59. The Balaban J connectivity index is 1.25. The summed E-state index contributed by atoms with van der Waals surface area (Å²) in [5.74, 6) is 3.01. The minimum atomic E-state index is 0.176. The number of carbonyl (C=O) groups excluding carboxylic acids is 1. The van der Waals surface area contributed by atoms with E-state index in [1.54, 1.807) is 0 Å². The van der Waals surface area contributed by atoms with Crippen molar-refractivity contribution in [3.05, 3.63) is 36.0 Å². The lowest BCUT2D eigenvalue weighted by Gasteiger charge is -2.56. The Bertz CT molecular complexity index is 740. The van der Waals surface area contributed by atoms with Crippen LogP contribution in [0.1, 0.15) is 44.1 Å². The zero-order valence-electron chi connectivity index (χ0n) is 14.2. The second kappa shape index (κ2) is 5.37. The maximum Gasteiger partial charge on any atom is 0.224 e. The average Bonchev–Trinajstić information content (AvgIpc) is 2.95. The fourth-order valence-electron chi connectivity index (χ4n) is 6.31. The van der Waals surface area contributed by atoms with Crippen LogP contribution in [0, 0.1) is 23.2 Å². The number of aromatic amines is 1. The van der Waals surface area contributed by atoms with E-state index in [1.807, 2.05) is 18.3 Å². The molecule has 4 aliphatic rings. The number of aromatic nitrogens is 1. The van der Waals surface area contributed by atoms with E-state index in [2.05, 4.69) is 22.4 Å². The Kier molecular flexibility index (Phi) is 3.26. The van der Waals surface area contributed by atoms with Crippen molar-refractivity contribution in [3.8, 4) is 0 Å². The van der Waals surface area contributed by atoms with Crippen LogP contribution >= 0.6 is 0 Å². The van der Waals surface area contributed by atoms with Crippen LogP contribution in [0.3, 0.4) is 0 Å². The molecule has 3 nitrogen and oxygen atoms in total. The number of carbonyl (C=O) groups is 1. The summed E-state index contributed by atoms with van der Waals surface area (Å²) in [6.45, 7) is 0.900. The number of rotatable bonds is 4. The van der Waals surface area contributed by atoms with E-state index in [4.69, 9.17) is 0 Å². The number of amides is 1. The van der Waals surface area contributed by atoms with Crippen molar-refractivity contribution in [2.24, 2.45) is 23.2 Å². The molecule has 2 N–H and O–H groups in total. The third-order valence-electron chi connectivity index (χ3n) is 6.85. The van der Waals surface area contributed by atoms with Gasteiger partial charge >= 0.3 is 0 Å². The second-order valence-corrected chi connectivity index (χ2v) is 8.73. The van der Waals surface area contributed by atoms with Gasteiger partial charge < -0.3 is 10.3 Å². The summed E-state index contributed by atoms with van der Waals surface area (Å²) in [6, 6.07) is 8.21. The van der Waals surface area contributed by atoms with Gasteiger partial charge in [-0.1, -0.05) is 18.2 Å². The number of benzene rings is 1. The van der Waals surface area contributed by atoms with Gasteiger partial charge in [-0.15, -0.1) is 0 Å². The van der Waals surface area contributed by atoms with Gasteiger partial charge in [-0.25, -0.2) is 0 Å². The molecule has 1 aromatic heterocycles. The topological polar surface area (TPSA) is 44.9 Å². The van der Waals surface area contributed by atoms with E-state index in [1.165, 1.54) is 43.9 Å². The standard InChI is InChI=1S/C21H26N2O/c24-20(8-17-12-22-19-4-2-1-3-18(17)19)23-13-21-9-14-5-15(10-21)7-16(6-14)11-21/h1-4,12,14-16,22H,5-11,13H2,(H,23,24). The summed E-state index contributed by atoms with van der Waals surface area (Å²) >= 11 is 0. The molecule has 4 aliphatic carbocycles. The first-order chi connectivity index (χ1) is 11.7. The molecule has 4 saturated carbocycles. The molecular weight excluding hydrogens is 296 g/mol. The first-order valence-electron chi connectivity index (χ1n) is 9.51. The average molecular weight is 322 g/mol. The molecular formula is C21H26N2O. The normalized spacial score (nSPS) is 33.9. The summed E-state index contributed by atoms with van der Waals surface area (Å²) in [5, 5.41) is 4.46. The Labute approximate surface area is 143 Å². The highest BCUT2D eigenvalue weighted by atomic mass is 16.1. The first kappa shape index (κ1) is 14.6. The largest absolute Gasteiger partial charge is 0.361 e.